The van der Waals surface area contributed by atoms with Crippen molar-refractivity contribution >= 4 is 20.0 Å². The Morgan fingerprint density at radius 2 is 1.43 bits per heavy atom. The zero-order valence-corrected chi connectivity index (χ0v) is 17.7. The Labute approximate surface area is 167 Å². The average Bonchev–Trinajstić information content (AvgIpc) is 2.69. The minimum atomic E-state index is -3.71. The van der Waals surface area contributed by atoms with Crippen molar-refractivity contribution in [3.8, 4) is 0 Å². The Morgan fingerprint density at radius 1 is 0.893 bits per heavy atom. The first-order valence-electron chi connectivity index (χ1n) is 9.13. The highest BCUT2D eigenvalue weighted by Crippen LogP contribution is 2.21. The van der Waals surface area contributed by atoms with E-state index in [9.17, 15) is 16.8 Å². The summed E-state index contributed by atoms with van der Waals surface area (Å²) in [6, 6.07) is 14.8. The molecule has 0 saturated carbocycles. The maximum absolute atomic E-state index is 12.8. The number of likely N-dealkylation sites (N-methyl/N-ethyl adjacent to an activating group) is 1. The van der Waals surface area contributed by atoms with Gasteiger partial charge in [-0.1, -0.05) is 30.3 Å². The van der Waals surface area contributed by atoms with Crippen molar-refractivity contribution in [3.63, 3.8) is 0 Å². The van der Waals surface area contributed by atoms with Crippen LogP contribution in [0.25, 0.3) is 0 Å². The molecule has 1 aliphatic heterocycles. The summed E-state index contributed by atoms with van der Waals surface area (Å²) in [6.45, 7) is 2.70. The van der Waals surface area contributed by atoms with Crippen molar-refractivity contribution < 1.29 is 21.7 Å². The smallest absolute Gasteiger partial charge is 0.243 e. The van der Waals surface area contributed by atoms with Gasteiger partial charge in [-0.05, 0) is 29.8 Å². The fraction of sp³-hybridized carbons (Fsp3) is 0.368. The van der Waals surface area contributed by atoms with Gasteiger partial charge >= 0.3 is 0 Å². The molecule has 0 aliphatic carbocycles. The highest BCUT2D eigenvalue weighted by atomic mass is 32.2. The van der Waals surface area contributed by atoms with Crippen molar-refractivity contribution in [1.29, 1.82) is 0 Å². The first-order chi connectivity index (χ1) is 13.2. The van der Waals surface area contributed by atoms with Gasteiger partial charge in [0, 0.05) is 13.6 Å². The molecule has 0 spiro atoms. The van der Waals surface area contributed by atoms with E-state index >= 15 is 0 Å². The third-order valence-electron chi connectivity index (χ3n) is 4.99. The summed E-state index contributed by atoms with van der Waals surface area (Å²) in [4.78, 5) is 1.50. The second kappa shape index (κ2) is 8.30. The molecule has 0 aromatic heterocycles. The molecule has 2 aromatic rings. The number of nitrogens with zero attached hydrogens (tertiary/aromatic N) is 2. The normalized spacial score (nSPS) is 17.1. The van der Waals surface area contributed by atoms with Crippen LogP contribution < -0.4 is 4.90 Å². The second-order valence-corrected chi connectivity index (χ2v) is 11.1. The molecule has 1 N–H and O–H groups in total. The summed E-state index contributed by atoms with van der Waals surface area (Å²) in [5, 5.41) is 0. The number of sulfonamides is 2. The van der Waals surface area contributed by atoms with Gasteiger partial charge in [0.15, 0.2) is 0 Å². The van der Waals surface area contributed by atoms with E-state index in [-0.39, 0.29) is 16.3 Å². The summed E-state index contributed by atoms with van der Waals surface area (Å²) in [5.74, 6) is 0. The fourth-order valence-electron chi connectivity index (χ4n) is 3.15. The molecule has 2 aromatic carbocycles. The third kappa shape index (κ3) is 4.44. The van der Waals surface area contributed by atoms with Gasteiger partial charge in [0.2, 0.25) is 20.0 Å². The van der Waals surface area contributed by atoms with E-state index in [1.807, 2.05) is 37.4 Å². The molecule has 7 nitrogen and oxygen atoms in total. The summed E-state index contributed by atoms with van der Waals surface area (Å²) in [7, 11) is -3.76. The lowest BCUT2D eigenvalue weighted by Gasteiger charge is -2.29. The number of nitrogens with one attached hydrogen (secondary N) is 1. The first kappa shape index (κ1) is 20.9. The van der Waals surface area contributed by atoms with Crippen LogP contribution in [0.4, 0.5) is 0 Å². The van der Waals surface area contributed by atoms with Crippen molar-refractivity contribution in [2.75, 3.05) is 40.3 Å². The maximum Gasteiger partial charge on any atom is 0.243 e. The van der Waals surface area contributed by atoms with Crippen LogP contribution >= 0.6 is 0 Å². The van der Waals surface area contributed by atoms with Crippen LogP contribution in [0, 0.1) is 0 Å². The molecular formula is C19H26N3O4S2+. The molecule has 0 amide bonds. The molecular weight excluding hydrogens is 398 g/mol. The predicted octanol–water partition coefficient (Wildman–Crippen LogP) is 0.0263. The average molecular weight is 425 g/mol. The van der Waals surface area contributed by atoms with Crippen LogP contribution in [0.15, 0.2) is 64.4 Å². The number of piperazine rings is 1. The zero-order valence-electron chi connectivity index (χ0n) is 16.1. The molecule has 1 saturated heterocycles. The molecule has 0 atom stereocenters. The van der Waals surface area contributed by atoms with Crippen molar-refractivity contribution in [2.45, 2.75) is 16.3 Å². The lowest BCUT2D eigenvalue weighted by atomic mass is 10.2. The van der Waals surface area contributed by atoms with Gasteiger partial charge in [0.25, 0.3) is 0 Å². The van der Waals surface area contributed by atoms with E-state index in [0.29, 0.717) is 13.1 Å². The summed E-state index contributed by atoms with van der Waals surface area (Å²) < 4.78 is 53.9. The lowest BCUT2D eigenvalue weighted by molar-refractivity contribution is -0.883. The van der Waals surface area contributed by atoms with Crippen LogP contribution in [0.1, 0.15) is 5.56 Å². The number of hydrogen-bond acceptors (Lipinski definition) is 4. The van der Waals surface area contributed by atoms with E-state index in [0.717, 1.165) is 18.7 Å². The monoisotopic (exact) mass is 424 g/mol. The van der Waals surface area contributed by atoms with Crippen molar-refractivity contribution in [2.24, 2.45) is 0 Å². The molecule has 28 heavy (non-hydrogen) atoms. The van der Waals surface area contributed by atoms with Gasteiger partial charge in [-0.2, -0.15) is 8.61 Å². The number of benzene rings is 2. The minimum absolute atomic E-state index is 0.0766. The Kier molecular flexibility index (Phi) is 6.21. The SMILES string of the molecule is CN(Cc1ccccc1)S(=O)(=O)c1ccc(S(=O)(=O)N2CC[NH+](C)CC2)cc1. The third-order valence-corrected chi connectivity index (χ3v) is 8.72. The Bertz CT molecular complexity index is 999. The van der Waals surface area contributed by atoms with Gasteiger partial charge in [-0.25, -0.2) is 16.8 Å². The van der Waals surface area contributed by atoms with Gasteiger partial charge in [0.1, 0.15) is 0 Å². The van der Waals surface area contributed by atoms with E-state index < -0.39 is 20.0 Å². The molecule has 0 bridgehead atoms. The predicted molar refractivity (Wildman–Crippen MR) is 107 cm³/mol. The molecule has 0 unspecified atom stereocenters. The lowest BCUT2D eigenvalue weighted by Crippen LogP contribution is -3.12. The van der Waals surface area contributed by atoms with Crippen LogP contribution in [0.2, 0.25) is 0 Å². The Hall–Kier alpha value is -1.78. The Morgan fingerprint density at radius 3 is 2.00 bits per heavy atom. The molecule has 1 fully saturated rings. The molecule has 0 radical (unpaired) electrons. The largest absolute Gasteiger partial charge is 0.335 e. The second-order valence-electron chi connectivity index (χ2n) is 7.08. The highest BCUT2D eigenvalue weighted by Gasteiger charge is 2.29. The van der Waals surface area contributed by atoms with Gasteiger partial charge in [-0.3, -0.25) is 0 Å². The highest BCUT2D eigenvalue weighted by molar-refractivity contribution is 7.89. The standard InChI is InChI=1S/C19H25N3O4S2/c1-20-12-14-22(15-13-20)28(25,26)19-10-8-18(9-11-19)27(23,24)21(2)16-17-6-4-3-5-7-17/h3-11H,12-16H2,1-2H3/p+1. The maximum atomic E-state index is 12.8. The van der Waals surface area contributed by atoms with Crippen molar-refractivity contribution in [1.82, 2.24) is 8.61 Å². The fourth-order valence-corrected chi connectivity index (χ4v) is 5.75. The van der Waals surface area contributed by atoms with Gasteiger partial charge in [0.05, 0.1) is 43.0 Å². The molecule has 9 heteroatoms. The quantitative estimate of drug-likeness (QED) is 0.710. The first-order valence-corrected chi connectivity index (χ1v) is 12.0. The summed E-state index contributed by atoms with van der Waals surface area (Å²) in [5.41, 5.74) is 0.880. The number of hydrogen-bond donors (Lipinski definition) is 1. The zero-order chi connectivity index (χ0) is 20.4. The summed E-state index contributed by atoms with van der Waals surface area (Å²) >= 11 is 0. The summed E-state index contributed by atoms with van der Waals surface area (Å²) in [6.07, 6.45) is 0. The minimum Gasteiger partial charge on any atom is -0.335 e. The number of quaternary nitrogens is 1. The van der Waals surface area contributed by atoms with Crippen molar-refractivity contribution in [3.05, 3.63) is 60.2 Å². The van der Waals surface area contributed by atoms with Gasteiger partial charge < -0.3 is 4.90 Å². The van der Waals surface area contributed by atoms with Crippen LogP contribution in [-0.4, -0.2) is 65.7 Å². The van der Waals surface area contributed by atoms with E-state index in [4.69, 9.17) is 0 Å². The molecule has 152 valence electrons. The van der Waals surface area contributed by atoms with E-state index in [1.54, 1.807) is 0 Å². The number of rotatable bonds is 6. The molecule has 1 heterocycles. The molecule has 1 aliphatic rings. The van der Waals surface area contributed by atoms with Crippen LogP contribution in [-0.2, 0) is 26.6 Å². The Balaban J connectivity index is 1.77. The van der Waals surface area contributed by atoms with Crippen LogP contribution in [0.3, 0.4) is 0 Å². The van der Waals surface area contributed by atoms with E-state index in [1.165, 1.54) is 44.8 Å². The van der Waals surface area contributed by atoms with E-state index in [2.05, 4.69) is 0 Å². The molecule has 3 rings (SSSR count). The topological polar surface area (TPSA) is 79.2 Å². The van der Waals surface area contributed by atoms with Gasteiger partial charge in [-0.15, -0.1) is 0 Å². The van der Waals surface area contributed by atoms with Crippen LogP contribution in [0.5, 0.6) is 0 Å².